The molecule has 3 rings (SSSR count). The molecule has 1 aliphatic rings. The number of carbonyl (C=O) groups excluding carboxylic acids is 1. The van der Waals surface area contributed by atoms with Gasteiger partial charge in [-0.25, -0.2) is 10.9 Å². The van der Waals surface area contributed by atoms with Crippen LogP contribution in [0.2, 0.25) is 0 Å². The highest BCUT2D eigenvalue weighted by Gasteiger charge is 2.26. The van der Waals surface area contributed by atoms with Crippen molar-refractivity contribution in [2.75, 3.05) is 0 Å². The van der Waals surface area contributed by atoms with E-state index in [0.29, 0.717) is 6.04 Å². The van der Waals surface area contributed by atoms with E-state index in [-0.39, 0.29) is 11.9 Å². The first-order chi connectivity index (χ1) is 10.2. The third kappa shape index (κ3) is 3.26. The monoisotopic (exact) mass is 282 g/mol. The van der Waals surface area contributed by atoms with Crippen LogP contribution in [0.4, 0.5) is 0 Å². The first kappa shape index (κ1) is 13.7. The molecule has 0 aromatic heterocycles. The summed E-state index contributed by atoms with van der Waals surface area (Å²) >= 11 is 0. The van der Waals surface area contributed by atoms with Crippen LogP contribution in [-0.4, -0.2) is 24.2 Å². The lowest BCUT2D eigenvalue weighted by molar-refractivity contribution is -0.122. The molecule has 1 saturated heterocycles. The van der Waals surface area contributed by atoms with Crippen molar-refractivity contribution in [1.29, 1.82) is 0 Å². The highest BCUT2D eigenvalue weighted by atomic mass is 16.2. The number of carbonyl (C=O) groups is 1. The van der Waals surface area contributed by atoms with Gasteiger partial charge >= 0.3 is 0 Å². The summed E-state index contributed by atoms with van der Waals surface area (Å²) in [4.78, 5) is 11.9. The zero-order valence-corrected chi connectivity index (χ0v) is 11.8. The third-order valence-electron chi connectivity index (χ3n) is 3.57. The van der Waals surface area contributed by atoms with Crippen molar-refractivity contribution in [2.24, 2.45) is 5.10 Å². The minimum absolute atomic E-state index is 0.121. The predicted molar refractivity (Wildman–Crippen MR) is 83.8 cm³/mol. The van der Waals surface area contributed by atoms with Gasteiger partial charge in [0.1, 0.15) is 6.04 Å². The van der Waals surface area contributed by atoms with E-state index < -0.39 is 0 Å². The summed E-state index contributed by atoms with van der Waals surface area (Å²) in [5.74, 6) is -0.121. The number of fused-ring (bicyclic) bond motifs is 1. The normalized spacial score (nSPS) is 22.0. The van der Waals surface area contributed by atoms with Gasteiger partial charge in [-0.15, -0.1) is 0 Å². The van der Waals surface area contributed by atoms with Crippen molar-refractivity contribution < 1.29 is 4.79 Å². The van der Waals surface area contributed by atoms with Crippen LogP contribution in [0.15, 0.2) is 47.6 Å². The third-order valence-corrected chi connectivity index (χ3v) is 3.57. The molecule has 1 aliphatic heterocycles. The maximum Gasteiger partial charge on any atom is 0.258 e. The summed E-state index contributed by atoms with van der Waals surface area (Å²) in [5, 5.41) is 6.37. The number of amides is 1. The fraction of sp³-hybridized carbons (Fsp3) is 0.250. The lowest BCUT2D eigenvalue weighted by Gasteiger charge is -2.06. The lowest BCUT2D eigenvalue weighted by atomic mass is 10.1. The summed E-state index contributed by atoms with van der Waals surface area (Å²) in [6, 6.07) is 14.3. The molecule has 3 N–H and O–H groups in total. The number of nitrogens with one attached hydrogen (secondary N) is 3. The molecule has 1 fully saturated rings. The second-order valence-electron chi connectivity index (χ2n) is 5.32. The van der Waals surface area contributed by atoms with E-state index in [0.717, 1.165) is 17.4 Å². The molecule has 21 heavy (non-hydrogen) atoms. The smallest absolute Gasteiger partial charge is 0.258 e. The van der Waals surface area contributed by atoms with Crippen molar-refractivity contribution in [3.63, 3.8) is 0 Å². The molecule has 1 heterocycles. The SMILES string of the molecule is CC1CC(C(=O)N/N=C/c2ccc3ccccc3c2)NN1. The van der Waals surface area contributed by atoms with Gasteiger partial charge in [0.15, 0.2) is 0 Å². The average molecular weight is 282 g/mol. The number of hydrazone groups is 1. The van der Waals surface area contributed by atoms with E-state index >= 15 is 0 Å². The summed E-state index contributed by atoms with van der Waals surface area (Å²) in [6.45, 7) is 2.03. The summed E-state index contributed by atoms with van der Waals surface area (Å²) in [5.41, 5.74) is 9.49. The Morgan fingerprint density at radius 1 is 1.24 bits per heavy atom. The minimum Gasteiger partial charge on any atom is -0.271 e. The molecule has 0 spiro atoms. The molecular formula is C16H18N4O. The maximum absolute atomic E-state index is 11.9. The van der Waals surface area contributed by atoms with E-state index in [1.807, 2.05) is 37.3 Å². The quantitative estimate of drug-likeness (QED) is 0.591. The Morgan fingerprint density at radius 3 is 2.81 bits per heavy atom. The summed E-state index contributed by atoms with van der Waals surface area (Å²) in [6.07, 6.45) is 2.42. The Balaban J connectivity index is 1.63. The molecule has 2 aromatic carbocycles. The second-order valence-corrected chi connectivity index (χ2v) is 5.32. The molecule has 2 atom stereocenters. The largest absolute Gasteiger partial charge is 0.271 e. The Labute approximate surface area is 123 Å². The minimum atomic E-state index is -0.228. The Morgan fingerprint density at radius 2 is 2.05 bits per heavy atom. The number of benzene rings is 2. The molecule has 0 saturated carbocycles. The zero-order chi connectivity index (χ0) is 14.7. The van der Waals surface area contributed by atoms with Crippen LogP contribution in [0.1, 0.15) is 18.9 Å². The second kappa shape index (κ2) is 6.03. The van der Waals surface area contributed by atoms with Crippen LogP contribution < -0.4 is 16.3 Å². The van der Waals surface area contributed by atoms with Gasteiger partial charge in [-0.2, -0.15) is 5.10 Å². The van der Waals surface area contributed by atoms with Crippen molar-refractivity contribution in [2.45, 2.75) is 25.4 Å². The Bertz CT molecular complexity index is 683. The van der Waals surface area contributed by atoms with Crippen LogP contribution in [-0.2, 0) is 4.79 Å². The van der Waals surface area contributed by atoms with Gasteiger partial charge in [0.2, 0.25) is 0 Å². The molecule has 2 unspecified atom stereocenters. The molecule has 0 aliphatic carbocycles. The fourth-order valence-corrected chi connectivity index (χ4v) is 2.42. The summed E-state index contributed by atoms with van der Waals surface area (Å²) < 4.78 is 0. The van der Waals surface area contributed by atoms with Gasteiger partial charge < -0.3 is 0 Å². The number of hydrazine groups is 1. The molecule has 2 aromatic rings. The molecule has 108 valence electrons. The number of hydrogen-bond acceptors (Lipinski definition) is 4. The zero-order valence-electron chi connectivity index (χ0n) is 11.8. The standard InChI is InChI=1S/C16H18N4O/c1-11-8-15(19-18-11)16(21)20-17-10-12-6-7-13-4-2-3-5-14(13)9-12/h2-7,9-11,15,18-19H,8H2,1H3,(H,20,21)/b17-10+. The fourth-order valence-electron chi connectivity index (χ4n) is 2.42. The van der Waals surface area contributed by atoms with Crippen molar-refractivity contribution >= 4 is 22.9 Å². The molecular weight excluding hydrogens is 264 g/mol. The average Bonchev–Trinajstić information content (AvgIpc) is 2.94. The van der Waals surface area contributed by atoms with Crippen molar-refractivity contribution in [1.82, 2.24) is 16.3 Å². The number of nitrogens with zero attached hydrogens (tertiary/aromatic N) is 1. The van der Waals surface area contributed by atoms with Crippen molar-refractivity contribution in [3.05, 3.63) is 48.0 Å². The van der Waals surface area contributed by atoms with Gasteiger partial charge in [0, 0.05) is 6.04 Å². The summed E-state index contributed by atoms with van der Waals surface area (Å²) in [7, 11) is 0. The van der Waals surface area contributed by atoms with Gasteiger partial charge in [0.05, 0.1) is 6.21 Å². The number of hydrogen-bond donors (Lipinski definition) is 3. The van der Waals surface area contributed by atoms with E-state index in [2.05, 4.69) is 33.5 Å². The Hall–Kier alpha value is -2.24. The van der Waals surface area contributed by atoms with Crippen LogP contribution >= 0.6 is 0 Å². The highest BCUT2D eigenvalue weighted by molar-refractivity contribution is 5.91. The topological polar surface area (TPSA) is 65.5 Å². The molecule has 5 heteroatoms. The maximum atomic E-state index is 11.9. The van der Waals surface area contributed by atoms with E-state index in [4.69, 9.17) is 0 Å². The molecule has 5 nitrogen and oxygen atoms in total. The van der Waals surface area contributed by atoms with E-state index in [1.165, 1.54) is 5.39 Å². The lowest BCUT2D eigenvalue weighted by Crippen LogP contribution is -2.41. The molecule has 0 bridgehead atoms. The van der Waals surface area contributed by atoms with Gasteiger partial charge in [-0.1, -0.05) is 36.4 Å². The van der Waals surface area contributed by atoms with Crippen molar-refractivity contribution in [3.8, 4) is 0 Å². The molecule has 0 radical (unpaired) electrons. The van der Waals surface area contributed by atoms with Crippen LogP contribution in [0.3, 0.4) is 0 Å². The first-order valence-corrected chi connectivity index (χ1v) is 7.05. The van der Waals surface area contributed by atoms with Gasteiger partial charge in [-0.3, -0.25) is 10.2 Å². The number of rotatable bonds is 3. The first-order valence-electron chi connectivity index (χ1n) is 7.05. The van der Waals surface area contributed by atoms with E-state index in [1.54, 1.807) is 6.21 Å². The van der Waals surface area contributed by atoms with Gasteiger partial charge in [-0.05, 0) is 35.7 Å². The highest BCUT2D eigenvalue weighted by Crippen LogP contribution is 2.14. The van der Waals surface area contributed by atoms with Crippen LogP contribution in [0, 0.1) is 0 Å². The van der Waals surface area contributed by atoms with Gasteiger partial charge in [0.25, 0.3) is 5.91 Å². The molecule has 1 amide bonds. The van der Waals surface area contributed by atoms with E-state index in [9.17, 15) is 4.79 Å². The van der Waals surface area contributed by atoms with Crippen LogP contribution in [0.25, 0.3) is 10.8 Å². The predicted octanol–water partition coefficient (Wildman–Crippen LogP) is 1.54. The van der Waals surface area contributed by atoms with Crippen LogP contribution in [0.5, 0.6) is 0 Å². The Kier molecular flexibility index (Phi) is 3.94.